The van der Waals surface area contributed by atoms with E-state index in [9.17, 15) is 8.42 Å². The van der Waals surface area contributed by atoms with Crippen molar-refractivity contribution in [3.63, 3.8) is 0 Å². The fraction of sp³-hybridized carbons (Fsp3) is 0.538. The lowest BCUT2D eigenvalue weighted by Gasteiger charge is -2.21. The Morgan fingerprint density at radius 1 is 1.20 bits per heavy atom. The molecule has 0 unspecified atom stereocenters. The van der Waals surface area contributed by atoms with E-state index in [1.54, 1.807) is 18.2 Å². The highest BCUT2D eigenvalue weighted by Gasteiger charge is 2.26. The van der Waals surface area contributed by atoms with Gasteiger partial charge in [-0.3, -0.25) is 4.90 Å². The molecule has 7 heteroatoms. The van der Waals surface area contributed by atoms with Crippen molar-refractivity contribution in [2.45, 2.75) is 11.3 Å². The average Bonchev–Trinajstić information content (AvgIpc) is 2.65. The van der Waals surface area contributed by atoms with E-state index in [0.29, 0.717) is 31.9 Å². The molecule has 0 spiro atoms. The second-order valence-electron chi connectivity index (χ2n) is 4.90. The fourth-order valence-electron chi connectivity index (χ4n) is 2.38. The van der Waals surface area contributed by atoms with Crippen molar-refractivity contribution in [1.29, 1.82) is 0 Å². The lowest BCUT2D eigenvalue weighted by molar-refractivity contribution is 0.202. The van der Waals surface area contributed by atoms with Crippen LogP contribution in [-0.2, 0) is 10.0 Å². The van der Waals surface area contributed by atoms with Crippen LogP contribution in [-0.4, -0.2) is 62.1 Å². The summed E-state index contributed by atoms with van der Waals surface area (Å²) in [5.41, 5.74) is 6.11. The maximum atomic E-state index is 12.6. The molecule has 0 atom stereocenters. The third-order valence-electron chi connectivity index (χ3n) is 3.46. The zero-order chi connectivity index (χ0) is 14.6. The van der Waals surface area contributed by atoms with E-state index in [-0.39, 0.29) is 11.5 Å². The number of hydrogen-bond acceptors (Lipinski definition) is 5. The first kappa shape index (κ1) is 15.2. The van der Waals surface area contributed by atoms with Crippen LogP contribution in [0.25, 0.3) is 0 Å². The summed E-state index contributed by atoms with van der Waals surface area (Å²) in [6.07, 6.45) is 0.765. The minimum Gasteiger partial charge on any atom is -0.399 e. The van der Waals surface area contributed by atoms with Crippen LogP contribution in [0.4, 0.5) is 5.69 Å². The Labute approximate surface area is 119 Å². The second kappa shape index (κ2) is 6.53. The van der Waals surface area contributed by atoms with Gasteiger partial charge in [0.25, 0.3) is 0 Å². The maximum absolute atomic E-state index is 12.6. The van der Waals surface area contributed by atoms with Gasteiger partial charge in [-0.1, -0.05) is 6.07 Å². The van der Waals surface area contributed by atoms with Gasteiger partial charge in [0.15, 0.2) is 0 Å². The van der Waals surface area contributed by atoms with Crippen LogP contribution in [0.5, 0.6) is 0 Å². The van der Waals surface area contributed by atoms with Gasteiger partial charge in [0, 0.05) is 31.9 Å². The molecule has 3 N–H and O–H groups in total. The molecule has 1 heterocycles. The molecule has 1 aromatic carbocycles. The van der Waals surface area contributed by atoms with Gasteiger partial charge in [-0.25, -0.2) is 8.42 Å². The molecular weight excluding hydrogens is 278 g/mol. The van der Waals surface area contributed by atoms with E-state index in [1.165, 1.54) is 10.4 Å². The Kier molecular flexibility index (Phi) is 4.98. The molecule has 0 aliphatic carbocycles. The monoisotopic (exact) mass is 299 g/mol. The number of sulfonamides is 1. The molecule has 0 aromatic heterocycles. The van der Waals surface area contributed by atoms with Crippen LogP contribution < -0.4 is 5.73 Å². The van der Waals surface area contributed by atoms with Gasteiger partial charge >= 0.3 is 0 Å². The first-order chi connectivity index (χ1) is 9.54. The Hall–Kier alpha value is -1.15. The maximum Gasteiger partial charge on any atom is 0.243 e. The Morgan fingerprint density at radius 3 is 2.70 bits per heavy atom. The van der Waals surface area contributed by atoms with Gasteiger partial charge in [-0.2, -0.15) is 4.31 Å². The summed E-state index contributed by atoms with van der Waals surface area (Å²) in [7, 11) is -3.48. The molecule has 20 heavy (non-hydrogen) atoms. The highest BCUT2D eigenvalue weighted by molar-refractivity contribution is 7.89. The first-order valence-corrected chi connectivity index (χ1v) is 8.17. The lowest BCUT2D eigenvalue weighted by atomic mass is 10.3. The number of nitrogen functional groups attached to an aromatic ring is 1. The molecule has 1 fully saturated rings. The van der Waals surface area contributed by atoms with E-state index in [2.05, 4.69) is 4.90 Å². The molecular formula is C13H21N3O3S. The molecule has 0 amide bonds. The van der Waals surface area contributed by atoms with Gasteiger partial charge in [-0.05, 0) is 31.2 Å². The minimum atomic E-state index is -3.48. The van der Waals surface area contributed by atoms with Crippen molar-refractivity contribution in [1.82, 2.24) is 9.21 Å². The van der Waals surface area contributed by atoms with Crippen LogP contribution in [0, 0.1) is 0 Å². The van der Waals surface area contributed by atoms with Gasteiger partial charge in [-0.15, -0.1) is 0 Å². The van der Waals surface area contributed by atoms with Gasteiger partial charge in [0.05, 0.1) is 11.5 Å². The predicted octanol–water partition coefficient (Wildman–Crippen LogP) is -0.0425. The van der Waals surface area contributed by atoms with Crippen molar-refractivity contribution >= 4 is 15.7 Å². The minimum absolute atomic E-state index is 0.0992. The normalized spacial score (nSPS) is 18.9. The largest absolute Gasteiger partial charge is 0.399 e. The summed E-state index contributed by atoms with van der Waals surface area (Å²) >= 11 is 0. The number of hydrogen-bond donors (Lipinski definition) is 2. The number of nitrogens with two attached hydrogens (primary N) is 1. The van der Waals surface area contributed by atoms with Crippen LogP contribution in [0.1, 0.15) is 6.42 Å². The van der Waals surface area contributed by atoms with Crippen LogP contribution in [0.15, 0.2) is 29.2 Å². The highest BCUT2D eigenvalue weighted by atomic mass is 32.2. The quantitative estimate of drug-likeness (QED) is 0.762. The molecule has 0 saturated carbocycles. The van der Waals surface area contributed by atoms with Crippen molar-refractivity contribution in [2.75, 3.05) is 45.1 Å². The van der Waals surface area contributed by atoms with Gasteiger partial charge < -0.3 is 10.8 Å². The number of aliphatic hydroxyl groups is 1. The molecule has 1 saturated heterocycles. The highest BCUT2D eigenvalue weighted by Crippen LogP contribution is 2.19. The van der Waals surface area contributed by atoms with E-state index in [4.69, 9.17) is 10.8 Å². The summed E-state index contributed by atoms with van der Waals surface area (Å²) in [6, 6.07) is 6.39. The molecule has 0 radical (unpaired) electrons. The van der Waals surface area contributed by atoms with Crippen molar-refractivity contribution in [3.8, 4) is 0 Å². The first-order valence-electron chi connectivity index (χ1n) is 6.73. The SMILES string of the molecule is Nc1cccc(S(=O)(=O)N2CCCN(CCO)CC2)c1. The summed E-state index contributed by atoms with van der Waals surface area (Å²) in [5, 5.41) is 8.96. The van der Waals surface area contributed by atoms with Crippen molar-refractivity contribution in [3.05, 3.63) is 24.3 Å². The van der Waals surface area contributed by atoms with E-state index in [1.807, 2.05) is 0 Å². The zero-order valence-corrected chi connectivity index (χ0v) is 12.2. The molecule has 2 rings (SSSR count). The Morgan fingerprint density at radius 2 is 2.00 bits per heavy atom. The molecule has 6 nitrogen and oxygen atoms in total. The topological polar surface area (TPSA) is 86.9 Å². The third kappa shape index (κ3) is 3.49. The lowest BCUT2D eigenvalue weighted by Crippen LogP contribution is -2.35. The van der Waals surface area contributed by atoms with E-state index >= 15 is 0 Å². The number of nitrogens with zero attached hydrogens (tertiary/aromatic N) is 2. The number of β-amino-alcohol motifs (C(OH)–C–C–N with tert-alkyl or cyclic N) is 1. The Bertz CT molecular complexity index is 548. The Balaban J connectivity index is 2.14. The number of benzene rings is 1. The average molecular weight is 299 g/mol. The summed E-state index contributed by atoms with van der Waals surface area (Å²) in [4.78, 5) is 2.32. The standard InChI is InChI=1S/C13H21N3O3S/c14-12-3-1-4-13(11-12)20(18,19)16-6-2-5-15(7-8-16)9-10-17/h1,3-4,11,17H,2,5-10,14H2. The van der Waals surface area contributed by atoms with Gasteiger partial charge in [0.2, 0.25) is 10.0 Å². The fourth-order valence-corrected chi connectivity index (χ4v) is 3.90. The van der Waals surface area contributed by atoms with Crippen molar-refractivity contribution < 1.29 is 13.5 Å². The number of aliphatic hydroxyl groups excluding tert-OH is 1. The van der Waals surface area contributed by atoms with Crippen LogP contribution in [0.3, 0.4) is 0 Å². The van der Waals surface area contributed by atoms with E-state index < -0.39 is 10.0 Å². The van der Waals surface area contributed by atoms with Crippen molar-refractivity contribution in [2.24, 2.45) is 0 Å². The molecule has 112 valence electrons. The van der Waals surface area contributed by atoms with Crippen LogP contribution in [0.2, 0.25) is 0 Å². The molecule has 1 aliphatic rings. The summed E-state index contributed by atoms with van der Waals surface area (Å²) in [6.45, 7) is 3.08. The second-order valence-corrected chi connectivity index (χ2v) is 6.83. The molecule has 1 aliphatic heterocycles. The molecule has 1 aromatic rings. The van der Waals surface area contributed by atoms with Gasteiger partial charge in [0.1, 0.15) is 0 Å². The molecule has 0 bridgehead atoms. The van der Waals surface area contributed by atoms with Crippen LogP contribution >= 0.6 is 0 Å². The predicted molar refractivity (Wildman–Crippen MR) is 77.8 cm³/mol. The van der Waals surface area contributed by atoms with E-state index in [0.717, 1.165) is 13.0 Å². The zero-order valence-electron chi connectivity index (χ0n) is 11.4. The summed E-state index contributed by atoms with van der Waals surface area (Å²) < 4.78 is 26.6. The third-order valence-corrected chi connectivity index (χ3v) is 5.35. The smallest absolute Gasteiger partial charge is 0.243 e. The number of rotatable bonds is 4. The number of anilines is 1. The summed E-state index contributed by atoms with van der Waals surface area (Å²) in [5.74, 6) is 0.